The van der Waals surface area contributed by atoms with Gasteiger partial charge in [-0.05, 0) is 24.8 Å². The van der Waals surface area contributed by atoms with Gasteiger partial charge >= 0.3 is 0 Å². The van der Waals surface area contributed by atoms with E-state index in [0.717, 1.165) is 37.1 Å². The zero-order chi connectivity index (χ0) is 11.1. The molecule has 0 aliphatic heterocycles. The lowest BCUT2D eigenvalue weighted by Gasteiger charge is -2.07. The molecule has 0 saturated carbocycles. The van der Waals surface area contributed by atoms with Crippen LogP contribution >= 0.6 is 0 Å². The smallest absolute Gasteiger partial charge is 0.128 e. The molecule has 0 aliphatic carbocycles. The van der Waals surface area contributed by atoms with E-state index in [0.29, 0.717) is 0 Å². The van der Waals surface area contributed by atoms with Crippen LogP contribution in [0.2, 0.25) is 0 Å². The maximum absolute atomic E-state index is 5.87. The number of nitrogens with two attached hydrogens (primary N) is 1. The highest BCUT2D eigenvalue weighted by molar-refractivity contribution is 5.07. The third kappa shape index (κ3) is 4.38. The van der Waals surface area contributed by atoms with E-state index in [4.69, 9.17) is 5.73 Å². The van der Waals surface area contributed by atoms with Crippen LogP contribution in [0.15, 0.2) is 12.4 Å². The number of aryl methyl sites for hydroxylation is 1. The van der Waals surface area contributed by atoms with Crippen LogP contribution in [0.4, 0.5) is 0 Å². The molecular formula is C12H21N3. The van der Waals surface area contributed by atoms with Crippen molar-refractivity contribution in [3.8, 4) is 0 Å². The first-order valence-electron chi connectivity index (χ1n) is 5.81. The van der Waals surface area contributed by atoms with Crippen LogP contribution in [0.5, 0.6) is 0 Å². The molecule has 1 unspecified atom stereocenters. The van der Waals surface area contributed by atoms with Gasteiger partial charge in [0.15, 0.2) is 0 Å². The van der Waals surface area contributed by atoms with Gasteiger partial charge in [-0.3, -0.25) is 0 Å². The van der Waals surface area contributed by atoms with Crippen LogP contribution in [0.3, 0.4) is 0 Å². The van der Waals surface area contributed by atoms with E-state index >= 15 is 0 Å². The zero-order valence-electron chi connectivity index (χ0n) is 9.74. The molecule has 1 rings (SSSR count). The Labute approximate surface area is 92.1 Å². The number of aromatic nitrogens is 2. The Morgan fingerprint density at radius 2 is 1.93 bits per heavy atom. The molecule has 3 heteroatoms. The van der Waals surface area contributed by atoms with Gasteiger partial charge in [-0.25, -0.2) is 9.97 Å². The van der Waals surface area contributed by atoms with E-state index in [9.17, 15) is 0 Å². The van der Waals surface area contributed by atoms with Crippen molar-refractivity contribution < 1.29 is 0 Å². The highest BCUT2D eigenvalue weighted by atomic mass is 14.9. The molecule has 2 N–H and O–H groups in total. The Hall–Kier alpha value is -0.960. The summed E-state index contributed by atoms with van der Waals surface area (Å²) in [6.45, 7) is 4.27. The maximum Gasteiger partial charge on any atom is 0.128 e. The lowest BCUT2D eigenvalue weighted by Crippen LogP contribution is -2.21. The Morgan fingerprint density at radius 3 is 2.47 bits per heavy atom. The summed E-state index contributed by atoms with van der Waals surface area (Å²) in [4.78, 5) is 8.67. The van der Waals surface area contributed by atoms with Crippen molar-refractivity contribution in [2.24, 2.45) is 5.73 Å². The van der Waals surface area contributed by atoms with E-state index in [1.165, 1.54) is 6.42 Å². The molecule has 1 aromatic rings. The standard InChI is InChI=1S/C12H21N3/c1-3-5-6-12-14-8-10(9-15-12)7-11(13)4-2/h8-9,11H,3-7,13H2,1-2H3. The number of hydrogen-bond acceptors (Lipinski definition) is 3. The topological polar surface area (TPSA) is 51.8 Å². The van der Waals surface area contributed by atoms with E-state index in [1.807, 2.05) is 12.4 Å². The number of nitrogens with zero attached hydrogens (tertiary/aromatic N) is 2. The van der Waals surface area contributed by atoms with Crippen molar-refractivity contribution in [1.29, 1.82) is 0 Å². The van der Waals surface area contributed by atoms with Gasteiger partial charge in [0, 0.05) is 24.9 Å². The summed E-state index contributed by atoms with van der Waals surface area (Å²) in [6, 6.07) is 0.232. The number of rotatable bonds is 6. The molecule has 3 nitrogen and oxygen atoms in total. The lowest BCUT2D eigenvalue weighted by atomic mass is 10.1. The summed E-state index contributed by atoms with van der Waals surface area (Å²) >= 11 is 0. The van der Waals surface area contributed by atoms with Crippen molar-refractivity contribution in [1.82, 2.24) is 9.97 Å². The molecule has 1 aromatic heterocycles. The van der Waals surface area contributed by atoms with Crippen LogP contribution in [0, 0.1) is 0 Å². The Morgan fingerprint density at radius 1 is 1.27 bits per heavy atom. The minimum absolute atomic E-state index is 0.232. The quantitative estimate of drug-likeness (QED) is 0.777. The molecule has 1 heterocycles. The molecule has 0 spiro atoms. The molecule has 1 atom stereocenters. The Kier molecular flexibility index (Phi) is 5.26. The number of unbranched alkanes of at least 4 members (excludes halogenated alkanes) is 1. The summed E-state index contributed by atoms with van der Waals surface area (Å²) in [5.74, 6) is 0.950. The summed E-state index contributed by atoms with van der Waals surface area (Å²) in [7, 11) is 0. The van der Waals surface area contributed by atoms with Crippen molar-refractivity contribution >= 4 is 0 Å². The molecule has 0 radical (unpaired) electrons. The van der Waals surface area contributed by atoms with E-state index in [1.54, 1.807) is 0 Å². The SMILES string of the molecule is CCCCc1ncc(CC(N)CC)cn1. The average molecular weight is 207 g/mol. The van der Waals surface area contributed by atoms with Gasteiger partial charge in [0.25, 0.3) is 0 Å². The minimum atomic E-state index is 0.232. The second-order valence-corrected chi connectivity index (χ2v) is 3.98. The second kappa shape index (κ2) is 6.51. The molecule has 0 saturated heterocycles. The zero-order valence-corrected chi connectivity index (χ0v) is 9.74. The molecule has 0 bridgehead atoms. The van der Waals surface area contributed by atoms with Crippen LogP contribution in [0.1, 0.15) is 44.5 Å². The Balaban J connectivity index is 2.48. The third-order valence-electron chi connectivity index (χ3n) is 2.53. The van der Waals surface area contributed by atoms with Crippen LogP contribution in [0.25, 0.3) is 0 Å². The summed E-state index contributed by atoms with van der Waals surface area (Å²) in [6.07, 6.45) is 9.03. The molecule has 0 aromatic carbocycles. The molecule has 0 aliphatic rings. The van der Waals surface area contributed by atoms with Gasteiger partial charge in [0.2, 0.25) is 0 Å². The largest absolute Gasteiger partial charge is 0.327 e. The summed E-state index contributed by atoms with van der Waals surface area (Å²) in [5, 5.41) is 0. The molecule has 0 fully saturated rings. The van der Waals surface area contributed by atoms with E-state index < -0.39 is 0 Å². The highest BCUT2D eigenvalue weighted by Crippen LogP contribution is 2.03. The first-order chi connectivity index (χ1) is 7.26. The first kappa shape index (κ1) is 12.1. The van der Waals surface area contributed by atoms with Crippen molar-refractivity contribution in [3.63, 3.8) is 0 Å². The fourth-order valence-corrected chi connectivity index (χ4v) is 1.40. The first-order valence-corrected chi connectivity index (χ1v) is 5.81. The van der Waals surface area contributed by atoms with Crippen LogP contribution in [-0.4, -0.2) is 16.0 Å². The predicted molar refractivity (Wildman–Crippen MR) is 62.6 cm³/mol. The van der Waals surface area contributed by atoms with Gasteiger partial charge in [0.1, 0.15) is 5.82 Å². The molecule has 0 amide bonds. The lowest BCUT2D eigenvalue weighted by molar-refractivity contribution is 0.641. The maximum atomic E-state index is 5.87. The van der Waals surface area contributed by atoms with Crippen LogP contribution < -0.4 is 5.73 Å². The summed E-state index contributed by atoms with van der Waals surface area (Å²) < 4.78 is 0. The molecular weight excluding hydrogens is 186 g/mol. The molecule has 15 heavy (non-hydrogen) atoms. The van der Waals surface area contributed by atoms with Crippen molar-refractivity contribution in [3.05, 3.63) is 23.8 Å². The van der Waals surface area contributed by atoms with Crippen molar-refractivity contribution in [2.75, 3.05) is 0 Å². The Bertz CT molecular complexity index is 269. The van der Waals surface area contributed by atoms with Gasteiger partial charge in [0.05, 0.1) is 0 Å². The van der Waals surface area contributed by atoms with Gasteiger partial charge in [-0.1, -0.05) is 20.3 Å². The second-order valence-electron chi connectivity index (χ2n) is 3.98. The fourth-order valence-electron chi connectivity index (χ4n) is 1.40. The summed E-state index contributed by atoms with van der Waals surface area (Å²) in [5.41, 5.74) is 7.01. The molecule has 84 valence electrons. The minimum Gasteiger partial charge on any atom is -0.327 e. The predicted octanol–water partition coefficient (Wildman–Crippen LogP) is 2.10. The van der Waals surface area contributed by atoms with Crippen molar-refractivity contribution in [2.45, 2.75) is 52.0 Å². The third-order valence-corrected chi connectivity index (χ3v) is 2.53. The normalized spacial score (nSPS) is 12.7. The van der Waals surface area contributed by atoms with E-state index in [2.05, 4.69) is 23.8 Å². The van der Waals surface area contributed by atoms with E-state index in [-0.39, 0.29) is 6.04 Å². The van der Waals surface area contributed by atoms with Gasteiger partial charge in [-0.15, -0.1) is 0 Å². The van der Waals surface area contributed by atoms with Gasteiger partial charge in [-0.2, -0.15) is 0 Å². The highest BCUT2D eigenvalue weighted by Gasteiger charge is 2.02. The van der Waals surface area contributed by atoms with Crippen LogP contribution in [-0.2, 0) is 12.8 Å². The number of hydrogen-bond donors (Lipinski definition) is 1. The van der Waals surface area contributed by atoms with Gasteiger partial charge < -0.3 is 5.73 Å². The monoisotopic (exact) mass is 207 g/mol. The fraction of sp³-hybridized carbons (Fsp3) is 0.667. The average Bonchev–Trinajstić information content (AvgIpc) is 2.28.